The lowest BCUT2D eigenvalue weighted by atomic mass is 9.93. The number of nitrogens with zero attached hydrogens (tertiary/aromatic N) is 3. The Bertz CT molecular complexity index is 648. The summed E-state index contributed by atoms with van der Waals surface area (Å²) in [6, 6.07) is 4.34. The highest BCUT2D eigenvalue weighted by Gasteiger charge is 2.28. The molecule has 1 saturated carbocycles. The van der Waals surface area contributed by atoms with Gasteiger partial charge in [0.15, 0.2) is 0 Å². The number of hydrogen-bond donors (Lipinski definition) is 1. The van der Waals surface area contributed by atoms with E-state index in [4.69, 9.17) is 0 Å². The Hall–Kier alpha value is -2.11. The Balaban J connectivity index is 1.26. The highest BCUT2D eigenvalue weighted by molar-refractivity contribution is 5.94. The molecule has 1 aliphatic carbocycles. The average Bonchev–Trinajstić information content (AvgIpc) is 3.03. The molecular weight excluding hydrogens is 328 g/mol. The van der Waals surface area contributed by atoms with E-state index < -0.39 is 0 Å². The minimum Gasteiger partial charge on any atom is -0.367 e. The molecule has 0 radical (unpaired) electrons. The number of nitrogens with one attached hydrogen (secondary N) is 1. The van der Waals surface area contributed by atoms with Gasteiger partial charge >= 0.3 is 0 Å². The summed E-state index contributed by atoms with van der Waals surface area (Å²) in [5.41, 5.74) is 0.664. The number of carbonyl (C=O) groups is 2. The summed E-state index contributed by atoms with van der Waals surface area (Å²) >= 11 is 0. The third-order valence-electron chi connectivity index (χ3n) is 6.02. The summed E-state index contributed by atoms with van der Waals surface area (Å²) < 4.78 is 0. The zero-order valence-corrected chi connectivity index (χ0v) is 15.3. The highest BCUT2D eigenvalue weighted by Crippen LogP contribution is 2.24. The first-order chi connectivity index (χ1) is 12.7. The van der Waals surface area contributed by atoms with E-state index in [0.717, 1.165) is 51.3 Å². The number of amides is 2. The van der Waals surface area contributed by atoms with E-state index >= 15 is 0 Å². The summed E-state index contributed by atoms with van der Waals surface area (Å²) in [4.78, 5) is 32.8. The lowest BCUT2D eigenvalue weighted by Gasteiger charge is -2.34. The van der Waals surface area contributed by atoms with E-state index in [1.165, 1.54) is 19.3 Å². The maximum atomic E-state index is 12.7. The molecule has 0 aromatic carbocycles. The van der Waals surface area contributed by atoms with Crippen molar-refractivity contribution >= 4 is 17.6 Å². The van der Waals surface area contributed by atoms with Gasteiger partial charge in [0.05, 0.1) is 5.56 Å². The van der Waals surface area contributed by atoms with E-state index in [0.29, 0.717) is 29.9 Å². The Labute approximate surface area is 155 Å². The van der Waals surface area contributed by atoms with Crippen LogP contribution in [0.1, 0.15) is 55.3 Å². The van der Waals surface area contributed by atoms with Crippen LogP contribution < -0.4 is 5.32 Å². The first-order valence-corrected chi connectivity index (χ1v) is 9.99. The minimum absolute atomic E-state index is 0.0726. The number of carbonyl (C=O) groups excluding carboxylic acids is 2. The van der Waals surface area contributed by atoms with Crippen molar-refractivity contribution in [3.63, 3.8) is 0 Å². The monoisotopic (exact) mass is 356 g/mol. The van der Waals surface area contributed by atoms with Gasteiger partial charge in [0.25, 0.3) is 5.91 Å². The van der Waals surface area contributed by atoms with Gasteiger partial charge in [-0.3, -0.25) is 9.59 Å². The number of piperidine rings is 1. The molecule has 6 nitrogen and oxygen atoms in total. The summed E-state index contributed by atoms with van der Waals surface area (Å²) in [5, 5.41) is 3.40. The van der Waals surface area contributed by atoms with Crippen molar-refractivity contribution in [2.45, 2.75) is 51.0 Å². The summed E-state index contributed by atoms with van der Waals surface area (Å²) in [6.45, 7) is 3.32. The number of rotatable bonds is 5. The van der Waals surface area contributed by atoms with Crippen molar-refractivity contribution in [1.82, 2.24) is 14.8 Å². The maximum absolute atomic E-state index is 12.7. The molecule has 1 N–H and O–H groups in total. The lowest BCUT2D eigenvalue weighted by molar-refractivity contribution is -0.128. The van der Waals surface area contributed by atoms with Crippen LogP contribution in [0.4, 0.5) is 5.82 Å². The van der Waals surface area contributed by atoms with Gasteiger partial charge in [0.2, 0.25) is 5.91 Å². The fourth-order valence-corrected chi connectivity index (χ4v) is 4.08. The van der Waals surface area contributed by atoms with Crippen LogP contribution in [-0.2, 0) is 4.79 Å². The molecule has 1 aromatic heterocycles. The summed E-state index contributed by atoms with van der Waals surface area (Å²) in [7, 11) is 0. The van der Waals surface area contributed by atoms with Gasteiger partial charge in [0, 0.05) is 44.8 Å². The molecule has 0 atom stereocenters. The predicted octanol–water partition coefficient (Wildman–Crippen LogP) is 2.52. The fraction of sp³-hybridized carbons (Fsp3) is 0.650. The molecule has 26 heavy (non-hydrogen) atoms. The molecule has 3 aliphatic rings. The van der Waals surface area contributed by atoms with Gasteiger partial charge in [-0.05, 0) is 56.6 Å². The Morgan fingerprint density at radius 3 is 2.50 bits per heavy atom. The Morgan fingerprint density at radius 2 is 1.92 bits per heavy atom. The topological polar surface area (TPSA) is 65.5 Å². The van der Waals surface area contributed by atoms with Crippen molar-refractivity contribution < 1.29 is 9.59 Å². The van der Waals surface area contributed by atoms with E-state index in [2.05, 4.69) is 10.3 Å². The largest absolute Gasteiger partial charge is 0.367 e. The quantitative estimate of drug-likeness (QED) is 0.880. The standard InChI is InChI=1S/C20H28N4O2/c25-19-5-2-10-24(19)14-15-8-11-23(12-9-15)20(26)16-6-7-18(21-13-16)22-17-3-1-4-17/h6-7,13,15,17H,1-5,8-12,14H2,(H,21,22). The van der Waals surface area contributed by atoms with Crippen LogP contribution in [0.15, 0.2) is 18.3 Å². The Morgan fingerprint density at radius 1 is 1.12 bits per heavy atom. The van der Waals surface area contributed by atoms with Gasteiger partial charge in [-0.1, -0.05) is 0 Å². The molecule has 3 fully saturated rings. The van der Waals surface area contributed by atoms with Crippen LogP contribution in [0.3, 0.4) is 0 Å². The maximum Gasteiger partial charge on any atom is 0.255 e. The molecule has 6 heteroatoms. The number of anilines is 1. The molecule has 4 rings (SSSR count). The molecular formula is C20H28N4O2. The van der Waals surface area contributed by atoms with Crippen molar-refractivity contribution in [2.24, 2.45) is 5.92 Å². The van der Waals surface area contributed by atoms with Gasteiger partial charge in [-0.2, -0.15) is 0 Å². The summed E-state index contributed by atoms with van der Waals surface area (Å²) in [6.07, 6.45) is 9.05. The zero-order valence-electron chi connectivity index (χ0n) is 15.3. The van der Waals surface area contributed by atoms with Gasteiger partial charge in [0.1, 0.15) is 5.82 Å². The molecule has 2 saturated heterocycles. The van der Waals surface area contributed by atoms with Gasteiger partial charge in [-0.15, -0.1) is 0 Å². The lowest BCUT2D eigenvalue weighted by Crippen LogP contribution is -2.41. The van der Waals surface area contributed by atoms with Crippen LogP contribution in [0, 0.1) is 5.92 Å². The number of aromatic nitrogens is 1. The molecule has 2 aliphatic heterocycles. The van der Waals surface area contributed by atoms with Gasteiger partial charge < -0.3 is 15.1 Å². The number of hydrogen-bond acceptors (Lipinski definition) is 4. The second kappa shape index (κ2) is 7.64. The third kappa shape index (κ3) is 3.84. The fourth-order valence-electron chi connectivity index (χ4n) is 4.08. The van der Waals surface area contributed by atoms with E-state index in [1.807, 2.05) is 21.9 Å². The molecule has 140 valence electrons. The van der Waals surface area contributed by atoms with Crippen molar-refractivity contribution in [1.29, 1.82) is 0 Å². The molecule has 1 aromatic rings. The first kappa shape index (κ1) is 17.3. The average molecular weight is 356 g/mol. The highest BCUT2D eigenvalue weighted by atomic mass is 16.2. The van der Waals surface area contributed by atoms with Crippen LogP contribution in [0.2, 0.25) is 0 Å². The van der Waals surface area contributed by atoms with Crippen LogP contribution in [0.5, 0.6) is 0 Å². The smallest absolute Gasteiger partial charge is 0.255 e. The second-order valence-corrected chi connectivity index (χ2v) is 7.88. The van der Waals surface area contributed by atoms with Gasteiger partial charge in [-0.25, -0.2) is 4.98 Å². The van der Waals surface area contributed by atoms with E-state index in [9.17, 15) is 9.59 Å². The van der Waals surface area contributed by atoms with Crippen LogP contribution >= 0.6 is 0 Å². The summed E-state index contributed by atoms with van der Waals surface area (Å²) in [5.74, 6) is 1.75. The molecule has 3 heterocycles. The molecule has 0 spiro atoms. The van der Waals surface area contributed by atoms with Crippen molar-refractivity contribution in [3.05, 3.63) is 23.9 Å². The SMILES string of the molecule is O=C1CCCN1CC1CCN(C(=O)c2ccc(NC3CCC3)nc2)CC1. The second-order valence-electron chi connectivity index (χ2n) is 7.88. The van der Waals surface area contributed by atoms with Crippen molar-refractivity contribution in [2.75, 3.05) is 31.5 Å². The predicted molar refractivity (Wildman–Crippen MR) is 99.9 cm³/mol. The molecule has 2 amide bonds. The Kier molecular flexibility index (Phi) is 5.09. The molecule has 0 unspecified atom stereocenters. The first-order valence-electron chi connectivity index (χ1n) is 9.99. The minimum atomic E-state index is 0.0726. The van der Waals surface area contributed by atoms with E-state index in [-0.39, 0.29) is 5.91 Å². The van der Waals surface area contributed by atoms with E-state index in [1.54, 1.807) is 6.20 Å². The number of likely N-dealkylation sites (tertiary alicyclic amines) is 2. The normalized spacial score (nSPS) is 21.8. The number of pyridine rings is 1. The molecule has 0 bridgehead atoms. The van der Waals surface area contributed by atoms with Crippen LogP contribution in [0.25, 0.3) is 0 Å². The third-order valence-corrected chi connectivity index (χ3v) is 6.02. The zero-order chi connectivity index (χ0) is 17.9. The van der Waals surface area contributed by atoms with Crippen LogP contribution in [-0.4, -0.2) is 58.8 Å². The van der Waals surface area contributed by atoms with Crippen molar-refractivity contribution in [3.8, 4) is 0 Å².